The number of aromatic nitrogens is 1. The molecule has 1 aliphatic rings. The third kappa shape index (κ3) is 6.69. The van der Waals surface area contributed by atoms with E-state index in [9.17, 15) is 9.59 Å². The van der Waals surface area contributed by atoms with Crippen LogP contribution in [0, 0.1) is 0 Å². The largest absolute Gasteiger partial charge is 0.444 e. The highest BCUT2D eigenvalue weighted by molar-refractivity contribution is 5.99. The zero-order valence-electron chi connectivity index (χ0n) is 20.7. The molecule has 2 aromatic carbocycles. The molecule has 35 heavy (non-hydrogen) atoms. The van der Waals surface area contributed by atoms with Crippen molar-refractivity contribution in [2.24, 2.45) is 0 Å². The number of nitrogens with zero attached hydrogens (tertiary/aromatic N) is 2. The maximum absolute atomic E-state index is 13.2. The molecule has 0 spiro atoms. The Labute approximate surface area is 207 Å². The van der Waals surface area contributed by atoms with Gasteiger partial charge >= 0.3 is 6.09 Å². The van der Waals surface area contributed by atoms with E-state index in [2.05, 4.69) is 15.2 Å². The molecule has 1 N–H and O–H groups in total. The third-order valence-corrected chi connectivity index (χ3v) is 6.02. The summed E-state index contributed by atoms with van der Waals surface area (Å²) in [5.41, 5.74) is 4.43. The molecule has 2 heterocycles. The van der Waals surface area contributed by atoms with Gasteiger partial charge in [0.15, 0.2) is 5.78 Å². The molecule has 6 heteroatoms. The van der Waals surface area contributed by atoms with Crippen molar-refractivity contribution in [2.45, 2.75) is 52.1 Å². The van der Waals surface area contributed by atoms with Gasteiger partial charge in [-0.15, -0.1) is 0 Å². The molecule has 0 atom stereocenters. The van der Waals surface area contributed by atoms with Crippen LogP contribution in [0.1, 0.15) is 56.0 Å². The standard InChI is InChI=1S/C29H33N3O3/c1-29(2,3)35-28(34)31-26-12-9-23(21-13-15-30-16-14-21)19-24(26)20-27(33)22-7-10-25(11-8-22)32-17-5-4-6-18-32/h7-16,19H,4-6,17-18,20H2,1-3H3,(H,31,34). The predicted molar refractivity (Wildman–Crippen MR) is 140 cm³/mol. The number of ketones is 1. The molecule has 6 nitrogen and oxygen atoms in total. The molecule has 0 radical (unpaired) electrons. The fraction of sp³-hybridized carbons (Fsp3) is 0.345. The SMILES string of the molecule is CC(C)(C)OC(=O)Nc1ccc(-c2ccncc2)cc1CC(=O)c1ccc(N2CCCCC2)cc1. The Morgan fingerprint density at radius 2 is 1.60 bits per heavy atom. The lowest BCUT2D eigenvalue weighted by Gasteiger charge is -2.28. The topological polar surface area (TPSA) is 71.5 Å². The number of hydrogen-bond acceptors (Lipinski definition) is 5. The number of carbonyl (C=O) groups is 2. The summed E-state index contributed by atoms with van der Waals surface area (Å²) in [6.07, 6.45) is 6.78. The minimum atomic E-state index is -0.618. The van der Waals surface area contributed by atoms with E-state index in [0.717, 1.165) is 35.5 Å². The summed E-state index contributed by atoms with van der Waals surface area (Å²) in [4.78, 5) is 32.2. The van der Waals surface area contributed by atoms with E-state index in [1.165, 1.54) is 19.3 Å². The number of piperidine rings is 1. The van der Waals surface area contributed by atoms with Gasteiger partial charge in [0, 0.05) is 48.8 Å². The van der Waals surface area contributed by atoms with Crippen molar-refractivity contribution in [2.75, 3.05) is 23.3 Å². The predicted octanol–water partition coefficient (Wildman–Crippen LogP) is 6.51. The van der Waals surface area contributed by atoms with Gasteiger partial charge in [-0.25, -0.2) is 4.79 Å². The zero-order valence-corrected chi connectivity index (χ0v) is 20.7. The van der Waals surface area contributed by atoms with Gasteiger partial charge in [-0.1, -0.05) is 6.07 Å². The molecule has 0 aliphatic carbocycles. The average molecular weight is 472 g/mol. The monoisotopic (exact) mass is 471 g/mol. The van der Waals surface area contributed by atoms with Crippen molar-refractivity contribution in [1.82, 2.24) is 4.98 Å². The Balaban J connectivity index is 1.56. The summed E-state index contributed by atoms with van der Waals surface area (Å²) in [6.45, 7) is 7.58. The molecule has 1 amide bonds. The van der Waals surface area contributed by atoms with Crippen LogP contribution in [-0.2, 0) is 11.2 Å². The number of Topliss-reactive ketones (excluding diaryl/α,β-unsaturated/α-hetero) is 1. The van der Waals surface area contributed by atoms with E-state index in [1.54, 1.807) is 12.4 Å². The Kier molecular flexibility index (Phi) is 7.49. The molecule has 1 fully saturated rings. The van der Waals surface area contributed by atoms with E-state index in [0.29, 0.717) is 11.3 Å². The van der Waals surface area contributed by atoms with Crippen molar-refractivity contribution in [3.8, 4) is 11.1 Å². The van der Waals surface area contributed by atoms with Gasteiger partial charge in [0.1, 0.15) is 5.60 Å². The summed E-state index contributed by atoms with van der Waals surface area (Å²) in [6, 6.07) is 17.4. The van der Waals surface area contributed by atoms with E-state index >= 15 is 0 Å². The Hall–Kier alpha value is -3.67. The minimum absolute atomic E-state index is 0.00527. The molecule has 0 bridgehead atoms. The van der Waals surface area contributed by atoms with Gasteiger partial charge in [0.25, 0.3) is 0 Å². The van der Waals surface area contributed by atoms with E-state index in [1.807, 2.05) is 75.4 Å². The minimum Gasteiger partial charge on any atom is -0.444 e. The van der Waals surface area contributed by atoms with Gasteiger partial charge < -0.3 is 9.64 Å². The highest BCUT2D eigenvalue weighted by atomic mass is 16.6. The molecular weight excluding hydrogens is 438 g/mol. The normalized spacial score (nSPS) is 13.9. The van der Waals surface area contributed by atoms with E-state index in [-0.39, 0.29) is 12.2 Å². The Morgan fingerprint density at radius 1 is 0.914 bits per heavy atom. The fourth-order valence-corrected chi connectivity index (χ4v) is 4.28. The summed E-state index contributed by atoms with van der Waals surface area (Å²) in [5.74, 6) is -0.00527. The Bertz CT molecular complexity index is 1160. The highest BCUT2D eigenvalue weighted by Gasteiger charge is 2.19. The van der Waals surface area contributed by atoms with Crippen molar-refractivity contribution in [1.29, 1.82) is 0 Å². The molecule has 0 unspecified atom stereocenters. The van der Waals surface area contributed by atoms with Crippen molar-refractivity contribution in [3.05, 3.63) is 78.1 Å². The van der Waals surface area contributed by atoms with Gasteiger partial charge in [-0.3, -0.25) is 15.1 Å². The van der Waals surface area contributed by atoms with Crippen LogP contribution in [0.4, 0.5) is 16.2 Å². The molecule has 0 saturated carbocycles. The second-order valence-electron chi connectivity index (χ2n) is 9.93. The highest BCUT2D eigenvalue weighted by Crippen LogP contribution is 2.27. The molecule has 1 aliphatic heterocycles. The fourth-order valence-electron chi connectivity index (χ4n) is 4.28. The number of anilines is 2. The number of hydrogen-bond donors (Lipinski definition) is 1. The van der Waals surface area contributed by atoms with Gasteiger partial charge in [0.2, 0.25) is 0 Å². The summed E-state index contributed by atoms with van der Waals surface area (Å²) in [5, 5.41) is 2.82. The van der Waals surface area contributed by atoms with E-state index in [4.69, 9.17) is 4.74 Å². The molecule has 4 rings (SSSR count). The van der Waals surface area contributed by atoms with Crippen molar-refractivity contribution in [3.63, 3.8) is 0 Å². The molecule has 3 aromatic rings. The molecular formula is C29H33N3O3. The number of ether oxygens (including phenoxy) is 1. The lowest BCUT2D eigenvalue weighted by molar-refractivity contribution is 0.0635. The first kappa shape index (κ1) is 24.5. The summed E-state index contributed by atoms with van der Waals surface area (Å²) >= 11 is 0. The number of carbonyl (C=O) groups excluding carboxylic acids is 2. The van der Waals surface area contributed by atoms with Crippen LogP contribution in [0.25, 0.3) is 11.1 Å². The zero-order chi connectivity index (χ0) is 24.8. The number of nitrogens with one attached hydrogen (secondary N) is 1. The number of benzene rings is 2. The maximum Gasteiger partial charge on any atom is 0.412 e. The van der Waals surface area contributed by atoms with Crippen LogP contribution in [-0.4, -0.2) is 35.6 Å². The average Bonchev–Trinajstić information content (AvgIpc) is 2.85. The Morgan fingerprint density at radius 3 is 2.26 bits per heavy atom. The first-order valence-corrected chi connectivity index (χ1v) is 12.2. The number of pyridine rings is 1. The van der Waals surface area contributed by atoms with Crippen LogP contribution in [0.15, 0.2) is 67.0 Å². The van der Waals surface area contributed by atoms with Gasteiger partial charge in [0.05, 0.1) is 0 Å². The lowest BCUT2D eigenvalue weighted by atomic mass is 9.97. The number of amides is 1. The van der Waals surface area contributed by atoms with Crippen LogP contribution in [0.5, 0.6) is 0 Å². The van der Waals surface area contributed by atoms with Crippen molar-refractivity contribution >= 4 is 23.3 Å². The van der Waals surface area contributed by atoms with Crippen LogP contribution in [0.2, 0.25) is 0 Å². The number of rotatable bonds is 6. The third-order valence-electron chi connectivity index (χ3n) is 6.02. The van der Waals surface area contributed by atoms with Gasteiger partial charge in [-0.2, -0.15) is 0 Å². The van der Waals surface area contributed by atoms with E-state index < -0.39 is 11.7 Å². The maximum atomic E-state index is 13.2. The quantitative estimate of drug-likeness (QED) is 0.415. The summed E-state index contributed by atoms with van der Waals surface area (Å²) in [7, 11) is 0. The van der Waals surface area contributed by atoms with Crippen molar-refractivity contribution < 1.29 is 14.3 Å². The molecule has 1 saturated heterocycles. The molecule has 182 valence electrons. The van der Waals surface area contributed by atoms with Crippen LogP contribution < -0.4 is 10.2 Å². The second kappa shape index (κ2) is 10.7. The first-order valence-electron chi connectivity index (χ1n) is 12.2. The van der Waals surface area contributed by atoms with Crippen LogP contribution >= 0.6 is 0 Å². The summed E-state index contributed by atoms with van der Waals surface area (Å²) < 4.78 is 5.42. The first-order chi connectivity index (χ1) is 16.8. The smallest absolute Gasteiger partial charge is 0.412 e. The molecule has 1 aromatic heterocycles. The lowest BCUT2D eigenvalue weighted by Crippen LogP contribution is -2.29. The van der Waals surface area contributed by atoms with Crippen LogP contribution in [0.3, 0.4) is 0 Å². The second-order valence-corrected chi connectivity index (χ2v) is 9.93. The van der Waals surface area contributed by atoms with Gasteiger partial charge in [-0.05, 0) is 105 Å².